The van der Waals surface area contributed by atoms with Crippen molar-refractivity contribution in [1.29, 1.82) is 0 Å². The predicted molar refractivity (Wildman–Crippen MR) is 101 cm³/mol. The molecule has 8 atom stereocenters. The van der Waals surface area contributed by atoms with E-state index in [4.69, 9.17) is 14.2 Å². The zero-order valence-electron chi connectivity index (χ0n) is 16.5. The average Bonchev–Trinajstić information content (AvgIpc) is 3.05. The van der Waals surface area contributed by atoms with Gasteiger partial charge in [-0.1, -0.05) is 18.2 Å². The molecule has 156 valence electrons. The number of fused-ring (bicyclic) bond motifs is 6. The van der Waals surface area contributed by atoms with Gasteiger partial charge in [-0.2, -0.15) is 0 Å². The number of hydrogen-bond acceptors (Lipinski definition) is 6. The highest BCUT2D eigenvalue weighted by atomic mass is 16.7. The molecule has 6 aliphatic rings. The van der Waals surface area contributed by atoms with Gasteiger partial charge < -0.3 is 24.0 Å². The van der Waals surface area contributed by atoms with Crippen molar-refractivity contribution in [2.24, 2.45) is 5.92 Å². The number of esters is 1. The fourth-order valence-corrected chi connectivity index (χ4v) is 6.90. The average molecular weight is 410 g/mol. The van der Waals surface area contributed by atoms with Crippen molar-refractivity contribution in [2.75, 3.05) is 11.4 Å². The van der Waals surface area contributed by atoms with Crippen LogP contribution in [0.2, 0.25) is 0 Å². The highest BCUT2D eigenvalue weighted by Crippen LogP contribution is 2.66. The topological polar surface area (TPSA) is 88.7 Å². The quantitative estimate of drug-likeness (QED) is 0.533. The molecule has 6 aliphatic heterocycles. The summed E-state index contributed by atoms with van der Waals surface area (Å²) in [7, 11) is 0. The number of rotatable bonds is 2. The van der Waals surface area contributed by atoms with Crippen molar-refractivity contribution in [1.82, 2.24) is 4.90 Å². The van der Waals surface area contributed by atoms with Gasteiger partial charge in [0.05, 0.1) is 12.1 Å². The van der Waals surface area contributed by atoms with E-state index in [0.29, 0.717) is 12.8 Å². The molecule has 2 bridgehead atoms. The maximum absolute atomic E-state index is 13.7. The number of hydrogen-bond donors (Lipinski definition) is 0. The van der Waals surface area contributed by atoms with Crippen LogP contribution in [-0.4, -0.2) is 65.3 Å². The van der Waals surface area contributed by atoms with E-state index in [-0.39, 0.29) is 42.2 Å². The Bertz CT molecular complexity index is 1010. The summed E-state index contributed by atoms with van der Waals surface area (Å²) in [6.45, 7) is 2.10. The number of anilines is 1. The van der Waals surface area contributed by atoms with Crippen molar-refractivity contribution in [3.05, 3.63) is 29.8 Å². The Hall–Kier alpha value is -2.45. The molecule has 0 unspecified atom stereocenters. The van der Waals surface area contributed by atoms with Gasteiger partial charge in [-0.15, -0.1) is 0 Å². The number of amides is 2. The minimum Gasteiger partial charge on any atom is -0.459 e. The molecule has 30 heavy (non-hydrogen) atoms. The molecular formula is C22H22N2O6. The van der Waals surface area contributed by atoms with Crippen molar-refractivity contribution in [3.63, 3.8) is 0 Å². The molecule has 0 radical (unpaired) electrons. The third kappa shape index (κ3) is 1.84. The van der Waals surface area contributed by atoms with E-state index < -0.39 is 23.6 Å². The van der Waals surface area contributed by atoms with E-state index in [1.807, 2.05) is 34.1 Å². The monoisotopic (exact) mass is 410 g/mol. The zero-order chi connectivity index (χ0) is 20.4. The number of nitrogens with zero attached hydrogens (tertiary/aromatic N) is 2. The molecule has 2 amide bonds. The summed E-state index contributed by atoms with van der Waals surface area (Å²) in [5.41, 5.74) is 1.01. The van der Waals surface area contributed by atoms with Gasteiger partial charge in [0.1, 0.15) is 35.9 Å². The number of para-hydroxylation sites is 1. The number of benzene rings is 1. The van der Waals surface area contributed by atoms with Crippen molar-refractivity contribution >= 4 is 23.5 Å². The van der Waals surface area contributed by atoms with Crippen LogP contribution in [0.4, 0.5) is 5.69 Å². The first-order chi connectivity index (χ1) is 14.5. The van der Waals surface area contributed by atoms with E-state index in [1.54, 1.807) is 0 Å². The summed E-state index contributed by atoms with van der Waals surface area (Å²) in [5, 5.41) is 0. The van der Waals surface area contributed by atoms with Crippen LogP contribution in [0.5, 0.6) is 0 Å². The van der Waals surface area contributed by atoms with E-state index in [2.05, 4.69) is 0 Å². The van der Waals surface area contributed by atoms with Crippen LogP contribution in [-0.2, 0) is 28.6 Å². The smallest absolute Gasteiger partial charge is 0.303 e. The normalized spacial score (nSPS) is 44.6. The first-order valence-corrected chi connectivity index (χ1v) is 10.7. The minimum atomic E-state index is -0.818. The molecule has 7 rings (SSSR count). The van der Waals surface area contributed by atoms with Gasteiger partial charge >= 0.3 is 5.97 Å². The third-order valence-electron chi connectivity index (χ3n) is 7.90. The molecule has 8 nitrogen and oxygen atoms in total. The molecule has 0 aliphatic carbocycles. The van der Waals surface area contributed by atoms with Gasteiger partial charge in [-0.25, -0.2) is 0 Å². The van der Waals surface area contributed by atoms with Gasteiger partial charge in [0.25, 0.3) is 0 Å². The fourth-order valence-electron chi connectivity index (χ4n) is 6.90. The van der Waals surface area contributed by atoms with Gasteiger partial charge in [0, 0.05) is 25.6 Å². The number of epoxide rings is 1. The molecule has 0 aromatic heterocycles. The highest BCUT2D eigenvalue weighted by molar-refractivity contribution is 6.02. The van der Waals surface area contributed by atoms with Crippen molar-refractivity contribution in [2.45, 2.75) is 68.3 Å². The Labute approximate surface area is 173 Å². The molecule has 6 heterocycles. The maximum Gasteiger partial charge on any atom is 0.303 e. The SMILES string of the molecule is CC(=O)O[C@@H]1[C@@H]2O[C@]3([C@@H]1C(=O)N1c4ccccc4[C@@H](N4CCCC4=O)C[C@H]13)[C@H]1O[C@@H]21. The van der Waals surface area contributed by atoms with Crippen LogP contribution >= 0.6 is 0 Å². The molecule has 1 aromatic carbocycles. The Balaban J connectivity index is 1.37. The second-order valence-electron chi connectivity index (χ2n) is 9.23. The molecule has 1 spiro atoms. The fraction of sp³-hybridized carbons (Fsp3) is 0.591. The first kappa shape index (κ1) is 17.3. The summed E-state index contributed by atoms with van der Waals surface area (Å²) in [4.78, 5) is 41.9. The highest BCUT2D eigenvalue weighted by Gasteiger charge is 2.86. The van der Waals surface area contributed by atoms with Crippen LogP contribution in [0.15, 0.2) is 24.3 Å². The lowest BCUT2D eigenvalue weighted by atomic mass is 9.73. The molecule has 5 fully saturated rings. The molecule has 0 saturated carbocycles. The summed E-state index contributed by atoms with van der Waals surface area (Å²) < 4.78 is 18.0. The lowest BCUT2D eigenvalue weighted by Crippen LogP contribution is -2.54. The summed E-state index contributed by atoms with van der Waals surface area (Å²) in [5.74, 6) is -0.888. The molecule has 0 N–H and O–H groups in total. The van der Waals surface area contributed by atoms with Gasteiger partial charge in [-0.05, 0) is 24.5 Å². The number of carbonyl (C=O) groups is 3. The van der Waals surface area contributed by atoms with E-state index in [1.165, 1.54) is 6.92 Å². The van der Waals surface area contributed by atoms with Crippen LogP contribution in [0.3, 0.4) is 0 Å². The Morgan fingerprint density at radius 2 is 2.07 bits per heavy atom. The molecule has 5 saturated heterocycles. The van der Waals surface area contributed by atoms with Gasteiger partial charge in [-0.3, -0.25) is 14.4 Å². The second-order valence-corrected chi connectivity index (χ2v) is 9.23. The summed E-state index contributed by atoms with van der Waals surface area (Å²) in [6, 6.07) is 7.50. The Kier molecular flexibility index (Phi) is 3.12. The van der Waals surface area contributed by atoms with Crippen LogP contribution < -0.4 is 4.90 Å². The molecule has 8 heteroatoms. The third-order valence-corrected chi connectivity index (χ3v) is 7.90. The standard InChI is InChI=1S/C22H22N2O6/c1-10(25)28-17-16-21(27)24-12-6-3-2-5-11(12)13(23-8-4-7-15(23)26)9-14(24)22(16)20-19(29-20)18(17)30-22/h2-3,5-6,13-14,16-20H,4,7-9H2,1H3/t13-,14-,16-,17-,18-,19-,20-,22+/m0/s1. The maximum atomic E-state index is 13.7. The van der Waals surface area contributed by atoms with E-state index in [9.17, 15) is 14.4 Å². The first-order valence-electron chi connectivity index (χ1n) is 10.7. The molecule has 1 aromatic rings. The number of carbonyl (C=O) groups excluding carboxylic acids is 3. The van der Waals surface area contributed by atoms with Crippen LogP contribution in [0.25, 0.3) is 0 Å². The van der Waals surface area contributed by atoms with E-state index >= 15 is 0 Å². The number of likely N-dealkylation sites (tertiary alicyclic amines) is 1. The van der Waals surface area contributed by atoms with Crippen molar-refractivity contribution < 1.29 is 28.6 Å². The lowest BCUT2D eigenvalue weighted by Gasteiger charge is -2.44. The largest absolute Gasteiger partial charge is 0.459 e. The predicted octanol–water partition coefficient (Wildman–Crippen LogP) is 0.935. The Morgan fingerprint density at radius 3 is 2.83 bits per heavy atom. The van der Waals surface area contributed by atoms with E-state index in [0.717, 1.165) is 24.2 Å². The summed E-state index contributed by atoms with van der Waals surface area (Å²) >= 11 is 0. The minimum absolute atomic E-state index is 0.0682. The summed E-state index contributed by atoms with van der Waals surface area (Å²) in [6.07, 6.45) is 0.750. The lowest BCUT2D eigenvalue weighted by molar-refractivity contribution is -0.152. The van der Waals surface area contributed by atoms with Gasteiger partial charge in [0.2, 0.25) is 11.8 Å². The second kappa shape index (κ2) is 5.42. The van der Waals surface area contributed by atoms with Crippen LogP contribution in [0.1, 0.15) is 37.8 Å². The van der Waals surface area contributed by atoms with Crippen molar-refractivity contribution in [3.8, 4) is 0 Å². The Morgan fingerprint density at radius 1 is 1.23 bits per heavy atom. The zero-order valence-corrected chi connectivity index (χ0v) is 16.5. The van der Waals surface area contributed by atoms with Crippen LogP contribution in [0, 0.1) is 5.92 Å². The number of ether oxygens (including phenoxy) is 3. The molecular weight excluding hydrogens is 388 g/mol. The van der Waals surface area contributed by atoms with Gasteiger partial charge in [0.15, 0.2) is 0 Å².